The number of esters is 1. The highest BCUT2D eigenvalue weighted by Gasteiger charge is 2.14. The van der Waals surface area contributed by atoms with Gasteiger partial charge in [-0.1, -0.05) is 22.0 Å². The van der Waals surface area contributed by atoms with Gasteiger partial charge in [0.15, 0.2) is 0 Å². The summed E-state index contributed by atoms with van der Waals surface area (Å²) in [6.45, 7) is 4.00. The summed E-state index contributed by atoms with van der Waals surface area (Å²) < 4.78 is 4.92. The van der Waals surface area contributed by atoms with Crippen LogP contribution in [0.15, 0.2) is 6.08 Å². The average Bonchev–Trinajstić information content (AvgIpc) is 2.57. The number of halogens is 1. The van der Waals surface area contributed by atoms with E-state index >= 15 is 0 Å². The van der Waals surface area contributed by atoms with Crippen molar-refractivity contribution in [1.29, 1.82) is 0 Å². The van der Waals surface area contributed by atoms with Gasteiger partial charge < -0.3 is 4.74 Å². The molecule has 1 aromatic rings. The van der Waals surface area contributed by atoms with E-state index in [1.54, 1.807) is 6.92 Å². The number of aromatic nitrogens is 1. The lowest BCUT2D eigenvalue weighted by molar-refractivity contribution is 0.0531. The summed E-state index contributed by atoms with van der Waals surface area (Å²) in [5.74, 6) is -0.286. The summed E-state index contributed by atoms with van der Waals surface area (Å²) in [5.41, 5.74) is 0.729. The Balaban J connectivity index is 2.86. The fourth-order valence-corrected chi connectivity index (χ4v) is 2.10. The molecule has 15 heavy (non-hydrogen) atoms. The molecule has 0 N–H and O–H groups in total. The van der Waals surface area contributed by atoms with Crippen LogP contribution >= 0.6 is 27.3 Å². The van der Waals surface area contributed by atoms with Gasteiger partial charge in [0.25, 0.3) is 0 Å². The standard InChI is InChI=1S/C10H12BrNO2S/c1-3-14-10(13)9-7(2)12-8(15-9)5-4-6-11/h4-5H,3,6H2,1-2H3. The Kier molecular flexibility index (Phi) is 4.98. The Morgan fingerprint density at radius 2 is 2.40 bits per heavy atom. The van der Waals surface area contributed by atoms with Crippen LogP contribution in [0.5, 0.6) is 0 Å². The number of carbonyl (C=O) groups excluding carboxylic acids is 1. The Morgan fingerprint density at radius 1 is 1.67 bits per heavy atom. The van der Waals surface area contributed by atoms with Crippen molar-refractivity contribution >= 4 is 39.3 Å². The van der Waals surface area contributed by atoms with Crippen LogP contribution in [0, 0.1) is 6.92 Å². The van der Waals surface area contributed by atoms with Crippen LogP contribution in [0.25, 0.3) is 6.08 Å². The number of rotatable bonds is 4. The lowest BCUT2D eigenvalue weighted by Gasteiger charge is -1.97. The second-order valence-electron chi connectivity index (χ2n) is 2.74. The molecule has 0 aliphatic rings. The maximum Gasteiger partial charge on any atom is 0.350 e. The highest BCUT2D eigenvalue weighted by molar-refractivity contribution is 9.09. The van der Waals surface area contributed by atoms with Crippen molar-refractivity contribution in [2.24, 2.45) is 0 Å². The first-order valence-electron chi connectivity index (χ1n) is 4.56. The third kappa shape index (κ3) is 3.43. The molecule has 0 aliphatic carbocycles. The normalized spacial score (nSPS) is 10.9. The van der Waals surface area contributed by atoms with E-state index in [9.17, 15) is 4.79 Å². The van der Waals surface area contributed by atoms with Gasteiger partial charge in [0, 0.05) is 5.33 Å². The minimum atomic E-state index is -0.286. The lowest BCUT2D eigenvalue weighted by atomic mass is 10.4. The molecule has 5 heteroatoms. The molecule has 0 saturated carbocycles. The largest absolute Gasteiger partial charge is 0.462 e. The minimum Gasteiger partial charge on any atom is -0.462 e. The van der Waals surface area contributed by atoms with Crippen molar-refractivity contribution in [2.45, 2.75) is 13.8 Å². The van der Waals surface area contributed by atoms with Crippen LogP contribution in [0.2, 0.25) is 0 Å². The molecule has 0 bridgehead atoms. The summed E-state index contributed by atoms with van der Waals surface area (Å²) in [7, 11) is 0. The second kappa shape index (κ2) is 6.02. The molecule has 0 spiro atoms. The van der Waals surface area contributed by atoms with Gasteiger partial charge in [0.05, 0.1) is 12.3 Å². The van der Waals surface area contributed by atoms with E-state index in [0.29, 0.717) is 11.5 Å². The molecule has 0 saturated heterocycles. The van der Waals surface area contributed by atoms with E-state index in [0.717, 1.165) is 16.0 Å². The predicted octanol–water partition coefficient (Wildman–Crippen LogP) is 3.04. The van der Waals surface area contributed by atoms with Crippen LogP contribution in [0.3, 0.4) is 0 Å². The molecule has 0 aliphatic heterocycles. The van der Waals surface area contributed by atoms with E-state index in [4.69, 9.17) is 4.74 Å². The van der Waals surface area contributed by atoms with Gasteiger partial charge in [-0.05, 0) is 19.9 Å². The maximum atomic E-state index is 11.5. The molecular formula is C10H12BrNO2S. The number of hydrogen-bond acceptors (Lipinski definition) is 4. The van der Waals surface area contributed by atoms with Gasteiger partial charge in [-0.15, -0.1) is 11.3 Å². The third-order valence-corrected chi connectivity index (χ3v) is 3.10. The van der Waals surface area contributed by atoms with Gasteiger partial charge in [-0.25, -0.2) is 9.78 Å². The van der Waals surface area contributed by atoms with Crippen molar-refractivity contribution in [2.75, 3.05) is 11.9 Å². The number of thiazole rings is 1. The van der Waals surface area contributed by atoms with E-state index in [-0.39, 0.29) is 5.97 Å². The number of nitrogens with zero attached hydrogens (tertiary/aromatic N) is 1. The third-order valence-electron chi connectivity index (χ3n) is 1.62. The molecule has 0 atom stereocenters. The molecule has 3 nitrogen and oxygen atoms in total. The molecule has 0 radical (unpaired) electrons. The van der Waals surface area contributed by atoms with Crippen LogP contribution in [-0.2, 0) is 4.74 Å². The second-order valence-corrected chi connectivity index (χ2v) is 4.42. The molecule has 82 valence electrons. The Hall–Kier alpha value is -0.680. The first kappa shape index (κ1) is 12.4. The van der Waals surface area contributed by atoms with Crippen molar-refractivity contribution in [3.05, 3.63) is 21.7 Å². The molecule has 1 rings (SSSR count). The first-order valence-corrected chi connectivity index (χ1v) is 6.49. The zero-order valence-electron chi connectivity index (χ0n) is 8.62. The number of allylic oxidation sites excluding steroid dienone is 1. The number of hydrogen-bond donors (Lipinski definition) is 0. The fraction of sp³-hybridized carbons (Fsp3) is 0.400. The van der Waals surface area contributed by atoms with E-state index in [2.05, 4.69) is 20.9 Å². The average molecular weight is 290 g/mol. The lowest BCUT2D eigenvalue weighted by Crippen LogP contribution is -2.03. The SMILES string of the molecule is CCOC(=O)c1sc(C=CCBr)nc1C. The van der Waals surface area contributed by atoms with Gasteiger partial charge in [-0.3, -0.25) is 0 Å². The summed E-state index contributed by atoms with van der Waals surface area (Å²) in [6.07, 6.45) is 3.82. The first-order chi connectivity index (χ1) is 7.19. The molecular weight excluding hydrogens is 278 g/mol. The van der Waals surface area contributed by atoms with Crippen LogP contribution in [0.4, 0.5) is 0 Å². The smallest absolute Gasteiger partial charge is 0.350 e. The Morgan fingerprint density at radius 3 is 3.00 bits per heavy atom. The minimum absolute atomic E-state index is 0.286. The number of alkyl halides is 1. The number of ether oxygens (including phenoxy) is 1. The summed E-state index contributed by atoms with van der Waals surface area (Å²) in [4.78, 5) is 16.3. The van der Waals surface area contributed by atoms with Gasteiger partial charge >= 0.3 is 5.97 Å². The van der Waals surface area contributed by atoms with Crippen LogP contribution in [-0.4, -0.2) is 22.9 Å². The summed E-state index contributed by atoms with van der Waals surface area (Å²) >= 11 is 4.64. The van der Waals surface area contributed by atoms with Gasteiger partial charge in [0.1, 0.15) is 9.88 Å². The molecule has 0 aromatic carbocycles. The van der Waals surface area contributed by atoms with E-state index < -0.39 is 0 Å². The molecule has 0 amide bonds. The highest BCUT2D eigenvalue weighted by Crippen LogP contribution is 2.20. The highest BCUT2D eigenvalue weighted by atomic mass is 79.9. The fourth-order valence-electron chi connectivity index (χ4n) is 1.02. The maximum absolute atomic E-state index is 11.5. The quantitative estimate of drug-likeness (QED) is 0.632. The van der Waals surface area contributed by atoms with Crippen LogP contribution < -0.4 is 0 Å². The Labute approximate surface area is 101 Å². The number of carbonyl (C=O) groups is 1. The summed E-state index contributed by atoms with van der Waals surface area (Å²) in [6, 6.07) is 0. The van der Waals surface area contributed by atoms with Crippen molar-refractivity contribution in [3.8, 4) is 0 Å². The van der Waals surface area contributed by atoms with Crippen molar-refractivity contribution < 1.29 is 9.53 Å². The van der Waals surface area contributed by atoms with Crippen molar-refractivity contribution in [3.63, 3.8) is 0 Å². The predicted molar refractivity (Wildman–Crippen MR) is 65.6 cm³/mol. The van der Waals surface area contributed by atoms with E-state index in [1.165, 1.54) is 11.3 Å². The van der Waals surface area contributed by atoms with Crippen molar-refractivity contribution in [1.82, 2.24) is 4.98 Å². The topological polar surface area (TPSA) is 39.2 Å². The molecule has 0 fully saturated rings. The zero-order chi connectivity index (χ0) is 11.3. The zero-order valence-corrected chi connectivity index (χ0v) is 11.0. The summed E-state index contributed by atoms with van der Waals surface area (Å²) in [5, 5.41) is 1.61. The number of aryl methyl sites for hydroxylation is 1. The molecule has 0 unspecified atom stereocenters. The van der Waals surface area contributed by atoms with E-state index in [1.807, 2.05) is 19.1 Å². The van der Waals surface area contributed by atoms with Crippen LogP contribution in [0.1, 0.15) is 27.3 Å². The monoisotopic (exact) mass is 289 g/mol. The molecule has 1 aromatic heterocycles. The van der Waals surface area contributed by atoms with Gasteiger partial charge in [-0.2, -0.15) is 0 Å². The van der Waals surface area contributed by atoms with Gasteiger partial charge in [0.2, 0.25) is 0 Å². The Bertz CT molecular complexity index is 373. The molecule has 1 heterocycles.